The van der Waals surface area contributed by atoms with Crippen molar-refractivity contribution in [2.24, 2.45) is 23.7 Å². The first-order chi connectivity index (χ1) is 27.4. The van der Waals surface area contributed by atoms with Crippen LogP contribution < -0.4 is 15.5 Å². The molecule has 3 heterocycles. The Balaban J connectivity index is 0.000000253. The summed E-state index contributed by atoms with van der Waals surface area (Å²) >= 11 is 0. The van der Waals surface area contributed by atoms with Crippen molar-refractivity contribution in [2.45, 2.75) is 112 Å². The van der Waals surface area contributed by atoms with Gasteiger partial charge < -0.3 is 25.0 Å². The maximum absolute atomic E-state index is 13.0. The van der Waals surface area contributed by atoms with Gasteiger partial charge in [0.15, 0.2) is 0 Å². The number of nitrogens with zero attached hydrogens (tertiary/aromatic N) is 1. The highest BCUT2D eigenvalue weighted by Gasteiger charge is 2.33. The van der Waals surface area contributed by atoms with Crippen molar-refractivity contribution in [3.05, 3.63) is 137 Å². The van der Waals surface area contributed by atoms with Crippen LogP contribution in [0.1, 0.15) is 102 Å². The number of ether oxygens (including phenoxy) is 2. The molecule has 6 heteroatoms. The van der Waals surface area contributed by atoms with E-state index in [2.05, 4.69) is 114 Å². The zero-order valence-corrected chi connectivity index (χ0v) is 34.3. The number of anilines is 1. The first-order valence-electron chi connectivity index (χ1n) is 21.7. The topological polar surface area (TPSA) is 45.8 Å². The van der Waals surface area contributed by atoms with Crippen LogP contribution in [0.5, 0.6) is 0 Å². The second kappa shape index (κ2) is 25.2. The summed E-state index contributed by atoms with van der Waals surface area (Å²) in [4.78, 5) is 2.50. The molecule has 3 fully saturated rings. The van der Waals surface area contributed by atoms with Gasteiger partial charge in [0.25, 0.3) is 0 Å². The van der Waals surface area contributed by atoms with Gasteiger partial charge in [0.05, 0.1) is 5.60 Å². The quantitative estimate of drug-likeness (QED) is 0.104. The minimum Gasteiger partial charge on any atom is -0.381 e. The molecule has 4 aromatic rings. The molecule has 3 saturated heterocycles. The predicted molar refractivity (Wildman–Crippen MR) is 244 cm³/mol. The van der Waals surface area contributed by atoms with E-state index in [1.807, 2.05) is 12.1 Å². The summed E-state index contributed by atoms with van der Waals surface area (Å²) in [5.74, 6) is 2.71. The van der Waals surface area contributed by atoms with Crippen LogP contribution in [0.2, 0.25) is 0 Å². The lowest BCUT2D eigenvalue weighted by Gasteiger charge is -2.39. The van der Waals surface area contributed by atoms with Crippen LogP contribution >= 0.6 is 0 Å². The molecule has 5 nitrogen and oxygen atoms in total. The van der Waals surface area contributed by atoms with Crippen molar-refractivity contribution < 1.29 is 13.9 Å². The van der Waals surface area contributed by atoms with E-state index in [1.165, 1.54) is 105 Å². The molecule has 7 rings (SSSR count). The molecule has 318 valence electrons. The summed E-state index contributed by atoms with van der Waals surface area (Å²) in [5.41, 5.74) is 6.81. The Morgan fingerprint density at radius 2 is 1.10 bits per heavy atom. The van der Waals surface area contributed by atoms with Crippen LogP contribution in [0, 0.1) is 29.5 Å². The van der Waals surface area contributed by atoms with Gasteiger partial charge in [0.1, 0.15) is 5.82 Å². The van der Waals surface area contributed by atoms with Crippen molar-refractivity contribution >= 4 is 5.69 Å². The Kier molecular flexibility index (Phi) is 20.4. The number of hydrogen-bond acceptors (Lipinski definition) is 5. The SMILES string of the molecule is C.C.CC1(C)CC(C(CCNCc2ccc(N3CCCC3)cc2)Cc2ccccc2)CCO1.Fc1ccc(CNCCC(Cc2ccccc2)C2CCOCC2)cc1. The fourth-order valence-corrected chi connectivity index (χ4v) is 9.15. The highest BCUT2D eigenvalue weighted by molar-refractivity contribution is 5.48. The van der Waals surface area contributed by atoms with Gasteiger partial charge in [-0.2, -0.15) is 0 Å². The van der Waals surface area contributed by atoms with Gasteiger partial charge in [-0.3, -0.25) is 0 Å². The first kappa shape index (κ1) is 47.1. The molecule has 0 radical (unpaired) electrons. The summed E-state index contributed by atoms with van der Waals surface area (Å²) in [7, 11) is 0. The Morgan fingerprint density at radius 3 is 1.62 bits per heavy atom. The monoisotopic (exact) mass is 794 g/mol. The molecular weight excluding hydrogens is 718 g/mol. The first-order valence-corrected chi connectivity index (χ1v) is 21.7. The maximum atomic E-state index is 13.0. The van der Waals surface area contributed by atoms with Crippen LogP contribution in [0.4, 0.5) is 10.1 Å². The Hall–Kier alpha value is -3.55. The van der Waals surface area contributed by atoms with E-state index in [9.17, 15) is 4.39 Å². The molecule has 58 heavy (non-hydrogen) atoms. The van der Waals surface area contributed by atoms with Gasteiger partial charge >= 0.3 is 0 Å². The van der Waals surface area contributed by atoms with Crippen LogP contribution in [0.15, 0.2) is 109 Å². The largest absolute Gasteiger partial charge is 0.381 e. The van der Waals surface area contributed by atoms with Crippen LogP contribution in [-0.4, -0.2) is 51.6 Å². The average Bonchev–Trinajstić information content (AvgIpc) is 3.78. The Bertz CT molecular complexity index is 1640. The zero-order valence-electron chi connectivity index (χ0n) is 34.3. The molecule has 4 aromatic carbocycles. The highest BCUT2D eigenvalue weighted by Crippen LogP contribution is 2.36. The van der Waals surface area contributed by atoms with Gasteiger partial charge in [-0.05, 0) is 161 Å². The molecule has 3 aliphatic rings. The van der Waals surface area contributed by atoms with Gasteiger partial charge in [-0.1, -0.05) is 99.8 Å². The van der Waals surface area contributed by atoms with Crippen LogP contribution in [-0.2, 0) is 35.4 Å². The fraction of sp³-hybridized carbons (Fsp3) is 0.538. The van der Waals surface area contributed by atoms with Gasteiger partial charge in [-0.25, -0.2) is 4.39 Å². The molecule has 0 aromatic heterocycles. The summed E-state index contributed by atoms with van der Waals surface area (Å²) in [6.45, 7) is 13.5. The molecule has 0 aliphatic carbocycles. The van der Waals surface area contributed by atoms with E-state index in [4.69, 9.17) is 9.47 Å². The van der Waals surface area contributed by atoms with E-state index in [1.54, 1.807) is 0 Å². The third-order valence-corrected chi connectivity index (χ3v) is 12.4. The van der Waals surface area contributed by atoms with Crippen LogP contribution in [0.25, 0.3) is 0 Å². The summed E-state index contributed by atoms with van der Waals surface area (Å²) in [5, 5.41) is 7.24. The van der Waals surface area contributed by atoms with E-state index in [0.717, 1.165) is 69.8 Å². The average molecular weight is 794 g/mol. The number of hydrogen-bond donors (Lipinski definition) is 2. The standard InChI is InChI=1S/C28H40N2O.C22H28FNO.2CH4/c1-28(2)21-26(15-19-31-28)25(20-23-8-4-3-5-9-23)14-16-29-22-24-10-12-27(13-11-24)30-17-6-7-18-30;23-22-8-6-19(7-9-22)17-24-13-10-21(20-11-14-25-15-12-20)16-18-4-2-1-3-5-18;;/h3-5,8-13,25-26,29H,6-7,14-22H2,1-2H3;1-9,20-21,24H,10-17H2;2*1H4. The summed E-state index contributed by atoms with van der Waals surface area (Å²) in [6, 6.07) is 37.8. The lowest BCUT2D eigenvalue weighted by molar-refractivity contribution is -0.0830. The fourth-order valence-electron chi connectivity index (χ4n) is 9.15. The second-order valence-electron chi connectivity index (χ2n) is 17.1. The maximum Gasteiger partial charge on any atom is 0.123 e. The molecule has 3 atom stereocenters. The second-order valence-corrected chi connectivity index (χ2v) is 17.1. The van der Waals surface area contributed by atoms with E-state index < -0.39 is 0 Å². The molecule has 2 N–H and O–H groups in total. The van der Waals surface area contributed by atoms with Gasteiger partial charge in [-0.15, -0.1) is 0 Å². The van der Waals surface area contributed by atoms with Crippen molar-refractivity contribution in [1.29, 1.82) is 0 Å². The van der Waals surface area contributed by atoms with E-state index in [0.29, 0.717) is 11.8 Å². The van der Waals surface area contributed by atoms with Gasteiger partial charge in [0, 0.05) is 51.7 Å². The number of rotatable bonds is 17. The minimum absolute atomic E-state index is 0. The third kappa shape index (κ3) is 15.9. The molecule has 0 saturated carbocycles. The van der Waals surface area contributed by atoms with Crippen molar-refractivity contribution in [3.63, 3.8) is 0 Å². The van der Waals surface area contributed by atoms with E-state index >= 15 is 0 Å². The Labute approximate surface area is 352 Å². The van der Waals surface area contributed by atoms with Crippen molar-refractivity contribution in [1.82, 2.24) is 10.6 Å². The normalized spacial score (nSPS) is 18.9. The summed E-state index contributed by atoms with van der Waals surface area (Å²) in [6.07, 6.45) is 12.1. The Morgan fingerprint density at radius 1 is 0.621 bits per heavy atom. The summed E-state index contributed by atoms with van der Waals surface area (Å²) < 4.78 is 24.5. The molecule has 3 aliphatic heterocycles. The lowest BCUT2D eigenvalue weighted by atomic mass is 9.75. The highest BCUT2D eigenvalue weighted by atomic mass is 19.1. The molecule has 0 amide bonds. The van der Waals surface area contributed by atoms with Crippen molar-refractivity contribution in [2.75, 3.05) is 50.9 Å². The molecule has 3 unspecified atom stereocenters. The minimum atomic E-state index is -0.175. The number of nitrogens with one attached hydrogen (secondary N) is 2. The predicted octanol–water partition coefficient (Wildman–Crippen LogP) is 11.7. The zero-order chi connectivity index (χ0) is 38.8. The van der Waals surface area contributed by atoms with E-state index in [-0.39, 0.29) is 26.3 Å². The molecule has 0 spiro atoms. The van der Waals surface area contributed by atoms with Gasteiger partial charge in [0.2, 0.25) is 0 Å². The lowest BCUT2D eigenvalue weighted by Crippen LogP contribution is -2.38. The molecule has 0 bridgehead atoms. The number of halogens is 1. The molecular formula is C52H76FN3O2. The number of benzene rings is 4. The smallest absolute Gasteiger partial charge is 0.123 e. The van der Waals surface area contributed by atoms with Crippen LogP contribution in [0.3, 0.4) is 0 Å². The van der Waals surface area contributed by atoms with Crippen molar-refractivity contribution in [3.8, 4) is 0 Å². The third-order valence-electron chi connectivity index (χ3n) is 12.4.